The molecule has 0 saturated heterocycles. The second-order valence-electron chi connectivity index (χ2n) is 8.92. The zero-order valence-electron chi connectivity index (χ0n) is 21.3. The van der Waals surface area contributed by atoms with Gasteiger partial charge in [0.1, 0.15) is 17.2 Å². The van der Waals surface area contributed by atoms with Crippen molar-refractivity contribution in [2.45, 2.75) is 20.0 Å². The maximum absolute atomic E-state index is 13.8. The first kappa shape index (κ1) is 25.8. The third-order valence-electron chi connectivity index (χ3n) is 5.78. The van der Waals surface area contributed by atoms with Crippen molar-refractivity contribution < 1.29 is 14.3 Å². The number of carbonyl (C=O) groups excluding carboxylic acids is 1. The lowest BCUT2D eigenvalue weighted by molar-refractivity contribution is -0.111. The highest BCUT2D eigenvalue weighted by atomic mass is 35.5. The Bertz CT molecular complexity index is 1760. The van der Waals surface area contributed by atoms with E-state index in [0.29, 0.717) is 50.4 Å². The van der Waals surface area contributed by atoms with Crippen LogP contribution >= 0.6 is 11.6 Å². The Balaban J connectivity index is 1.53. The third-order valence-corrected chi connectivity index (χ3v) is 6.07. The van der Waals surface area contributed by atoms with E-state index in [1.54, 1.807) is 71.6 Å². The van der Waals surface area contributed by atoms with Gasteiger partial charge in [-0.05, 0) is 74.5 Å². The summed E-state index contributed by atoms with van der Waals surface area (Å²) in [5.41, 5.74) is 2.56. The molecule has 5 aromatic rings. The number of hydrogen-bond acceptors (Lipinski definition) is 5. The molecule has 1 N–H and O–H groups in total. The van der Waals surface area contributed by atoms with E-state index in [-0.39, 0.29) is 17.7 Å². The number of nitrogens with one attached hydrogen (secondary N) is 1. The predicted molar refractivity (Wildman–Crippen MR) is 153 cm³/mol. The van der Waals surface area contributed by atoms with Crippen molar-refractivity contribution in [3.63, 3.8) is 0 Å². The molecule has 0 spiro atoms. The van der Waals surface area contributed by atoms with Crippen LogP contribution in [0, 0.1) is 0 Å². The summed E-state index contributed by atoms with van der Waals surface area (Å²) in [6.45, 7) is 7.38. The van der Waals surface area contributed by atoms with Gasteiger partial charge in [0.25, 0.3) is 0 Å². The summed E-state index contributed by atoms with van der Waals surface area (Å²) in [5.74, 6) is 1.35. The van der Waals surface area contributed by atoms with Gasteiger partial charge in [-0.25, -0.2) is 4.79 Å². The minimum absolute atomic E-state index is 0.0337. The van der Waals surface area contributed by atoms with Crippen molar-refractivity contribution >= 4 is 34.2 Å². The normalized spacial score (nSPS) is 11.0. The predicted octanol–water partition coefficient (Wildman–Crippen LogP) is 6.53. The van der Waals surface area contributed by atoms with Crippen LogP contribution in [0.2, 0.25) is 5.02 Å². The van der Waals surface area contributed by atoms with Crippen LogP contribution in [0.25, 0.3) is 22.4 Å². The van der Waals surface area contributed by atoms with Gasteiger partial charge in [0.15, 0.2) is 0 Å². The molecule has 8 nitrogen and oxygen atoms in total. The van der Waals surface area contributed by atoms with Gasteiger partial charge in [-0.2, -0.15) is 0 Å². The van der Waals surface area contributed by atoms with Crippen LogP contribution in [0.1, 0.15) is 13.8 Å². The Morgan fingerprint density at radius 3 is 2.49 bits per heavy atom. The number of rotatable bonds is 8. The standard InChI is InChI=1S/C30H25ClN4O4/c1-4-29(36)33-20-7-5-8-21(15-20)34-26-13-14-32-18-27(26)35(30(34)37)22-11-12-28(25(31)16-22)39-24-10-6-9-23(17-24)38-19(2)3/h4-19H,1H2,2-3H3,(H,33,36). The molecule has 0 unspecified atom stereocenters. The fourth-order valence-corrected chi connectivity index (χ4v) is 4.40. The number of halogens is 1. The third kappa shape index (κ3) is 5.42. The molecule has 9 heteroatoms. The second kappa shape index (κ2) is 10.9. The van der Waals surface area contributed by atoms with E-state index in [1.807, 2.05) is 32.0 Å². The van der Waals surface area contributed by atoms with Gasteiger partial charge in [-0.3, -0.25) is 18.9 Å². The van der Waals surface area contributed by atoms with Crippen molar-refractivity contribution in [2.75, 3.05) is 5.32 Å². The number of ether oxygens (including phenoxy) is 2. The van der Waals surface area contributed by atoms with Crippen LogP contribution in [0.15, 0.2) is 103 Å². The van der Waals surface area contributed by atoms with Crippen molar-refractivity contribution in [1.82, 2.24) is 14.1 Å². The largest absolute Gasteiger partial charge is 0.491 e. The molecule has 0 aliphatic heterocycles. The van der Waals surface area contributed by atoms with Crippen LogP contribution < -0.4 is 20.5 Å². The number of anilines is 1. The van der Waals surface area contributed by atoms with E-state index >= 15 is 0 Å². The van der Waals surface area contributed by atoms with E-state index in [4.69, 9.17) is 21.1 Å². The highest BCUT2D eigenvalue weighted by Gasteiger charge is 2.18. The lowest BCUT2D eigenvalue weighted by Gasteiger charge is -2.13. The van der Waals surface area contributed by atoms with Crippen molar-refractivity contribution in [3.8, 4) is 28.6 Å². The molecule has 2 aromatic heterocycles. The summed E-state index contributed by atoms with van der Waals surface area (Å²) in [7, 11) is 0. The number of aromatic nitrogens is 3. The first-order valence-corrected chi connectivity index (χ1v) is 12.6. The Labute approximate surface area is 229 Å². The fourth-order valence-electron chi connectivity index (χ4n) is 4.18. The minimum atomic E-state index is -0.345. The van der Waals surface area contributed by atoms with Gasteiger partial charge in [0.2, 0.25) is 5.91 Å². The topological polar surface area (TPSA) is 87.4 Å². The molecule has 0 saturated carbocycles. The summed E-state index contributed by atoms with van der Waals surface area (Å²) in [6.07, 6.45) is 4.46. The van der Waals surface area contributed by atoms with Gasteiger partial charge in [0, 0.05) is 18.0 Å². The van der Waals surface area contributed by atoms with Crippen LogP contribution in [0.5, 0.6) is 17.2 Å². The number of amides is 1. The molecule has 0 fully saturated rings. The summed E-state index contributed by atoms with van der Waals surface area (Å²) in [4.78, 5) is 29.8. The van der Waals surface area contributed by atoms with Gasteiger partial charge in [-0.1, -0.05) is 30.3 Å². The molecular weight excluding hydrogens is 516 g/mol. The molecule has 0 bridgehead atoms. The minimum Gasteiger partial charge on any atom is -0.491 e. The quantitative estimate of drug-likeness (QED) is 0.226. The second-order valence-corrected chi connectivity index (χ2v) is 9.33. The van der Waals surface area contributed by atoms with Crippen LogP contribution in [0.4, 0.5) is 5.69 Å². The maximum atomic E-state index is 13.8. The Morgan fingerprint density at radius 2 is 1.72 bits per heavy atom. The Morgan fingerprint density at radius 1 is 0.974 bits per heavy atom. The van der Waals surface area contributed by atoms with Crippen LogP contribution in [-0.2, 0) is 4.79 Å². The van der Waals surface area contributed by atoms with Crippen molar-refractivity contribution in [1.29, 1.82) is 0 Å². The van der Waals surface area contributed by atoms with Gasteiger partial charge >= 0.3 is 5.69 Å². The van der Waals surface area contributed by atoms with E-state index in [0.717, 1.165) is 0 Å². The molecular formula is C30H25ClN4O4. The fraction of sp³-hybridized carbons (Fsp3) is 0.100. The van der Waals surface area contributed by atoms with E-state index in [2.05, 4.69) is 16.9 Å². The number of carbonyl (C=O) groups is 1. The number of nitrogens with zero attached hydrogens (tertiary/aromatic N) is 3. The monoisotopic (exact) mass is 540 g/mol. The molecule has 3 aromatic carbocycles. The molecule has 0 atom stereocenters. The number of fused-ring (bicyclic) bond motifs is 1. The smallest absolute Gasteiger partial charge is 0.338 e. The van der Waals surface area contributed by atoms with Crippen molar-refractivity contribution in [2.24, 2.45) is 0 Å². The van der Waals surface area contributed by atoms with E-state index < -0.39 is 0 Å². The first-order valence-electron chi connectivity index (χ1n) is 12.2. The number of pyridine rings is 1. The summed E-state index contributed by atoms with van der Waals surface area (Å²) >= 11 is 6.62. The van der Waals surface area contributed by atoms with Crippen LogP contribution in [0.3, 0.4) is 0 Å². The lowest BCUT2D eigenvalue weighted by atomic mass is 10.2. The van der Waals surface area contributed by atoms with E-state index in [1.165, 1.54) is 10.6 Å². The van der Waals surface area contributed by atoms with Gasteiger partial charge < -0.3 is 14.8 Å². The maximum Gasteiger partial charge on any atom is 0.338 e. The molecule has 0 aliphatic carbocycles. The zero-order chi connectivity index (χ0) is 27.5. The summed E-state index contributed by atoms with van der Waals surface area (Å²) in [5, 5.41) is 3.05. The molecule has 0 radical (unpaired) electrons. The average molecular weight is 541 g/mol. The van der Waals surface area contributed by atoms with Gasteiger partial charge in [-0.15, -0.1) is 0 Å². The molecule has 5 rings (SSSR count). The first-order chi connectivity index (χ1) is 18.8. The molecule has 1 amide bonds. The van der Waals surface area contributed by atoms with Crippen LogP contribution in [-0.4, -0.2) is 26.1 Å². The lowest BCUT2D eigenvalue weighted by Crippen LogP contribution is -2.22. The van der Waals surface area contributed by atoms with E-state index in [9.17, 15) is 9.59 Å². The summed E-state index contributed by atoms with van der Waals surface area (Å²) in [6, 6.07) is 21.2. The molecule has 0 aliphatic rings. The zero-order valence-corrected chi connectivity index (χ0v) is 22.1. The number of benzene rings is 3. The number of imidazole rings is 1. The van der Waals surface area contributed by atoms with Gasteiger partial charge in [0.05, 0.1) is 39.7 Å². The highest BCUT2D eigenvalue weighted by molar-refractivity contribution is 6.32. The summed E-state index contributed by atoms with van der Waals surface area (Å²) < 4.78 is 14.8. The average Bonchev–Trinajstić information content (AvgIpc) is 3.21. The Hall–Kier alpha value is -4.82. The molecule has 39 heavy (non-hydrogen) atoms. The van der Waals surface area contributed by atoms with Crippen molar-refractivity contribution in [3.05, 3.63) is 113 Å². The molecule has 196 valence electrons. The Kier molecular flexibility index (Phi) is 7.21. The molecule has 2 heterocycles. The highest BCUT2D eigenvalue weighted by Crippen LogP contribution is 2.33. The number of hydrogen-bond donors (Lipinski definition) is 1. The SMILES string of the molecule is C=CC(=O)Nc1cccc(-n2c(=O)n(-c3ccc(Oc4cccc(OC(C)C)c4)c(Cl)c3)c3cnccc32)c1.